The molecule has 0 aliphatic rings. The zero-order valence-corrected chi connectivity index (χ0v) is 24.2. The van der Waals surface area contributed by atoms with Gasteiger partial charge in [-0.3, -0.25) is 14.4 Å². The van der Waals surface area contributed by atoms with E-state index < -0.39 is 12.1 Å². The van der Waals surface area contributed by atoms with E-state index in [2.05, 4.69) is 10.6 Å². The highest BCUT2D eigenvalue weighted by Crippen LogP contribution is 2.31. The van der Waals surface area contributed by atoms with E-state index >= 15 is 0 Å². The average molecular weight is 597 g/mol. The first-order chi connectivity index (χ1) is 19.8. The van der Waals surface area contributed by atoms with Gasteiger partial charge in [-0.25, -0.2) is 0 Å². The second-order valence-corrected chi connectivity index (χ2v) is 11.2. The lowest BCUT2D eigenvalue weighted by Crippen LogP contribution is -2.38. The van der Waals surface area contributed by atoms with E-state index in [4.69, 9.17) is 30.8 Å². The number of anilines is 2. The Balaban J connectivity index is 0.00000147. The third-order valence-corrected chi connectivity index (χ3v) is 8.35. The van der Waals surface area contributed by atoms with Crippen LogP contribution in [0, 0.1) is 0 Å². The molecule has 0 unspecified atom stereocenters. The summed E-state index contributed by atoms with van der Waals surface area (Å²) in [6.07, 6.45) is 0. The van der Waals surface area contributed by atoms with Crippen molar-refractivity contribution >= 4 is 72.8 Å². The first kappa shape index (κ1) is 31.6. The van der Waals surface area contributed by atoms with Crippen LogP contribution in [0.15, 0.2) is 72.8 Å². The van der Waals surface area contributed by atoms with Crippen molar-refractivity contribution in [2.75, 3.05) is 36.4 Å². The predicted octanol–water partition coefficient (Wildman–Crippen LogP) is 4.32. The zero-order valence-electron chi connectivity index (χ0n) is 22.5. The highest BCUT2D eigenvalue weighted by atomic mass is 33.1. The molecule has 0 aliphatic heterocycles. The Bertz CT molecular complexity index is 1390. The molecule has 10 nitrogen and oxygen atoms in total. The lowest BCUT2D eigenvalue weighted by Gasteiger charge is -2.15. The average Bonchev–Trinajstić information content (AvgIpc) is 2.98. The SMILES string of the molecule is COc1cc(NC(=O)[C@@H](N)CSSC[C@H](N)C(=O)Nc2cc(OC)c3ccccc3c2)cc2ccccc12.O=CO. The summed E-state index contributed by atoms with van der Waals surface area (Å²) in [6, 6.07) is 21.4. The summed E-state index contributed by atoms with van der Waals surface area (Å²) in [4.78, 5) is 33.6. The van der Waals surface area contributed by atoms with Gasteiger partial charge in [0, 0.05) is 45.8 Å². The van der Waals surface area contributed by atoms with Crippen LogP contribution >= 0.6 is 21.6 Å². The molecule has 216 valence electrons. The second kappa shape index (κ2) is 15.7. The van der Waals surface area contributed by atoms with Crippen LogP contribution in [0.25, 0.3) is 21.5 Å². The fraction of sp³-hybridized carbons (Fsp3) is 0.207. The quantitative estimate of drug-likeness (QED) is 0.0956. The van der Waals surface area contributed by atoms with E-state index in [1.165, 1.54) is 21.6 Å². The normalized spacial score (nSPS) is 12.0. The molecule has 0 bridgehead atoms. The molecule has 12 heteroatoms. The second-order valence-electron chi connectivity index (χ2n) is 8.67. The zero-order chi connectivity index (χ0) is 29.8. The molecule has 0 aromatic heterocycles. The highest BCUT2D eigenvalue weighted by molar-refractivity contribution is 8.76. The standard InChI is InChI=1S/C28H30N4O4S2.CH2O2/c1-35-25-13-19(11-17-7-3-5-9-21(17)25)31-27(33)23(29)15-37-38-16-24(30)28(34)32-20-12-18-8-4-6-10-22(18)26(14-20)36-2;2-1-3/h3-14,23-24H,15-16,29-30H2,1-2H3,(H,31,33)(H,32,34);1H,(H,2,3)/t23-,24-;/m0./s1. The van der Waals surface area contributed by atoms with E-state index in [1.807, 2.05) is 60.7 Å². The van der Waals surface area contributed by atoms with Crippen molar-refractivity contribution in [1.29, 1.82) is 0 Å². The van der Waals surface area contributed by atoms with Gasteiger partial charge < -0.3 is 36.7 Å². The molecule has 0 aliphatic carbocycles. The summed E-state index contributed by atoms with van der Waals surface area (Å²) in [5, 5.41) is 16.4. The third kappa shape index (κ3) is 8.76. The molecule has 4 aromatic rings. The van der Waals surface area contributed by atoms with Crippen molar-refractivity contribution in [2.24, 2.45) is 11.5 Å². The van der Waals surface area contributed by atoms with E-state index in [0.29, 0.717) is 34.4 Å². The van der Waals surface area contributed by atoms with Gasteiger partial charge in [-0.1, -0.05) is 70.1 Å². The molecule has 0 spiro atoms. The number of carbonyl (C=O) groups is 3. The summed E-state index contributed by atoms with van der Waals surface area (Å²) in [7, 11) is 5.98. The van der Waals surface area contributed by atoms with Gasteiger partial charge in [-0.15, -0.1) is 0 Å². The lowest BCUT2D eigenvalue weighted by atomic mass is 10.1. The minimum absolute atomic E-state index is 0.250. The Kier molecular flexibility index (Phi) is 12.1. The van der Waals surface area contributed by atoms with Crippen molar-refractivity contribution in [2.45, 2.75) is 12.1 Å². The largest absolute Gasteiger partial charge is 0.496 e. The van der Waals surface area contributed by atoms with Gasteiger partial charge in [-0.2, -0.15) is 0 Å². The van der Waals surface area contributed by atoms with Gasteiger partial charge in [0.15, 0.2) is 0 Å². The van der Waals surface area contributed by atoms with Crippen molar-refractivity contribution in [1.82, 2.24) is 0 Å². The molecule has 0 saturated heterocycles. The number of methoxy groups -OCH3 is 2. The fourth-order valence-corrected chi connectivity index (χ4v) is 6.14. The predicted molar refractivity (Wildman–Crippen MR) is 168 cm³/mol. The van der Waals surface area contributed by atoms with Gasteiger partial charge >= 0.3 is 0 Å². The van der Waals surface area contributed by atoms with Crippen molar-refractivity contribution in [3.63, 3.8) is 0 Å². The summed E-state index contributed by atoms with van der Waals surface area (Å²) >= 11 is 0. The number of carboxylic acid groups (broad SMARTS) is 1. The van der Waals surface area contributed by atoms with Gasteiger partial charge in [0.25, 0.3) is 6.47 Å². The van der Waals surface area contributed by atoms with Crippen LogP contribution in [0.4, 0.5) is 11.4 Å². The summed E-state index contributed by atoms with van der Waals surface area (Å²) in [5.41, 5.74) is 13.4. The number of benzene rings is 4. The molecule has 0 fully saturated rings. The minimum Gasteiger partial charge on any atom is -0.496 e. The van der Waals surface area contributed by atoms with Crippen LogP contribution in [-0.4, -0.2) is 61.2 Å². The van der Waals surface area contributed by atoms with Crippen molar-refractivity contribution in [3.8, 4) is 11.5 Å². The van der Waals surface area contributed by atoms with Gasteiger partial charge in [0.05, 0.1) is 26.3 Å². The number of fused-ring (bicyclic) bond motifs is 2. The van der Waals surface area contributed by atoms with Gasteiger partial charge in [0.1, 0.15) is 11.5 Å². The number of nitrogens with one attached hydrogen (secondary N) is 2. The molecule has 4 aromatic carbocycles. The van der Waals surface area contributed by atoms with E-state index in [-0.39, 0.29) is 18.3 Å². The van der Waals surface area contributed by atoms with E-state index in [0.717, 1.165) is 21.5 Å². The number of carbonyl (C=O) groups excluding carboxylic acids is 2. The van der Waals surface area contributed by atoms with Gasteiger partial charge in [-0.05, 0) is 22.9 Å². The number of hydrogen-bond donors (Lipinski definition) is 5. The Hall–Kier alpha value is -3.97. The number of rotatable bonds is 11. The number of nitrogens with two attached hydrogens (primary N) is 2. The molecule has 4 rings (SSSR count). The van der Waals surface area contributed by atoms with Crippen LogP contribution in [0.3, 0.4) is 0 Å². The van der Waals surface area contributed by atoms with E-state index in [1.54, 1.807) is 26.4 Å². The Labute approximate surface area is 245 Å². The molecule has 2 atom stereocenters. The van der Waals surface area contributed by atoms with Crippen LogP contribution in [0.5, 0.6) is 11.5 Å². The molecule has 0 heterocycles. The number of hydrogen-bond acceptors (Lipinski definition) is 9. The number of amides is 2. The van der Waals surface area contributed by atoms with Crippen LogP contribution < -0.4 is 31.6 Å². The van der Waals surface area contributed by atoms with Crippen molar-refractivity contribution < 1.29 is 29.0 Å². The molecular weight excluding hydrogens is 564 g/mol. The molecule has 2 amide bonds. The van der Waals surface area contributed by atoms with Gasteiger partial charge in [0.2, 0.25) is 11.8 Å². The topological polar surface area (TPSA) is 166 Å². The molecule has 0 radical (unpaired) electrons. The van der Waals surface area contributed by atoms with E-state index in [9.17, 15) is 9.59 Å². The highest BCUT2D eigenvalue weighted by Gasteiger charge is 2.18. The lowest BCUT2D eigenvalue weighted by molar-refractivity contribution is -0.123. The molecule has 41 heavy (non-hydrogen) atoms. The minimum atomic E-state index is -0.736. The summed E-state index contributed by atoms with van der Waals surface area (Å²) in [5.74, 6) is 1.46. The maximum absolute atomic E-state index is 12.6. The molecule has 0 saturated carbocycles. The first-order valence-electron chi connectivity index (χ1n) is 12.4. The molecular formula is C29H32N4O6S2. The summed E-state index contributed by atoms with van der Waals surface area (Å²) in [6.45, 7) is -0.250. The maximum atomic E-state index is 12.6. The first-order valence-corrected chi connectivity index (χ1v) is 14.9. The molecule has 7 N–H and O–H groups in total. The third-order valence-electron chi connectivity index (χ3n) is 5.87. The summed E-state index contributed by atoms with van der Waals surface area (Å²) < 4.78 is 10.9. The van der Waals surface area contributed by atoms with Crippen LogP contribution in [-0.2, 0) is 14.4 Å². The smallest absolute Gasteiger partial charge is 0.290 e. The Morgan fingerprint density at radius 1 is 0.780 bits per heavy atom. The maximum Gasteiger partial charge on any atom is 0.290 e. The number of ether oxygens (including phenoxy) is 2. The van der Waals surface area contributed by atoms with Crippen molar-refractivity contribution in [3.05, 3.63) is 72.8 Å². The van der Waals surface area contributed by atoms with Crippen LogP contribution in [0.1, 0.15) is 0 Å². The fourth-order valence-electron chi connectivity index (χ4n) is 3.90. The monoisotopic (exact) mass is 596 g/mol. The Morgan fingerprint density at radius 2 is 1.15 bits per heavy atom. The van der Waals surface area contributed by atoms with Crippen LogP contribution in [0.2, 0.25) is 0 Å². The Morgan fingerprint density at radius 3 is 1.51 bits per heavy atom.